The molecule has 1 aromatic rings. The summed E-state index contributed by atoms with van der Waals surface area (Å²) in [6.07, 6.45) is 2.76. The van der Waals surface area contributed by atoms with Crippen molar-refractivity contribution in [2.75, 3.05) is 24.6 Å². The molecule has 2 fully saturated rings. The van der Waals surface area contributed by atoms with Gasteiger partial charge >= 0.3 is 0 Å². The van der Waals surface area contributed by atoms with Crippen molar-refractivity contribution in [2.24, 2.45) is 0 Å². The molecule has 2 aliphatic heterocycles. The SMILES string of the molecule is CC1CNC(C)(c2ccccc2)CN1C1CCCSC1. The Kier molecular flexibility index (Phi) is 4.39. The van der Waals surface area contributed by atoms with E-state index in [0.717, 1.165) is 19.1 Å². The third kappa shape index (κ3) is 2.90. The van der Waals surface area contributed by atoms with Gasteiger partial charge in [0.2, 0.25) is 0 Å². The fourth-order valence-electron chi connectivity index (χ4n) is 3.54. The Balaban J connectivity index is 1.78. The van der Waals surface area contributed by atoms with Crippen LogP contribution < -0.4 is 5.32 Å². The van der Waals surface area contributed by atoms with Crippen molar-refractivity contribution >= 4 is 11.8 Å². The number of nitrogens with zero attached hydrogens (tertiary/aromatic N) is 1. The number of nitrogens with one attached hydrogen (secondary N) is 1. The summed E-state index contributed by atoms with van der Waals surface area (Å²) >= 11 is 2.13. The van der Waals surface area contributed by atoms with Crippen LogP contribution in [0, 0.1) is 0 Å². The van der Waals surface area contributed by atoms with Gasteiger partial charge in [-0.1, -0.05) is 30.3 Å². The fraction of sp³-hybridized carbons (Fsp3) is 0.647. The second kappa shape index (κ2) is 6.08. The zero-order chi connectivity index (χ0) is 14.0. The molecule has 0 aromatic heterocycles. The van der Waals surface area contributed by atoms with Crippen LogP contribution in [-0.2, 0) is 5.54 Å². The van der Waals surface area contributed by atoms with Crippen molar-refractivity contribution in [3.63, 3.8) is 0 Å². The van der Waals surface area contributed by atoms with Crippen LogP contribution in [0.3, 0.4) is 0 Å². The van der Waals surface area contributed by atoms with Crippen molar-refractivity contribution < 1.29 is 0 Å². The van der Waals surface area contributed by atoms with E-state index in [9.17, 15) is 0 Å². The molecule has 3 rings (SSSR count). The number of hydrogen-bond acceptors (Lipinski definition) is 3. The van der Waals surface area contributed by atoms with Gasteiger partial charge in [-0.3, -0.25) is 4.90 Å². The molecule has 2 heterocycles. The van der Waals surface area contributed by atoms with Gasteiger partial charge in [-0.15, -0.1) is 0 Å². The predicted molar refractivity (Wildman–Crippen MR) is 88.3 cm³/mol. The lowest BCUT2D eigenvalue weighted by Gasteiger charge is -2.49. The van der Waals surface area contributed by atoms with Crippen molar-refractivity contribution in [1.29, 1.82) is 0 Å². The first-order valence-corrected chi connectivity index (χ1v) is 8.98. The molecule has 0 saturated carbocycles. The van der Waals surface area contributed by atoms with Gasteiger partial charge in [0.15, 0.2) is 0 Å². The molecule has 0 spiro atoms. The van der Waals surface area contributed by atoms with E-state index < -0.39 is 0 Å². The summed E-state index contributed by atoms with van der Waals surface area (Å²) in [6.45, 7) is 6.95. The average Bonchev–Trinajstić information content (AvgIpc) is 2.52. The smallest absolute Gasteiger partial charge is 0.0535 e. The summed E-state index contributed by atoms with van der Waals surface area (Å²) in [7, 11) is 0. The van der Waals surface area contributed by atoms with E-state index in [1.165, 1.54) is 29.9 Å². The average molecular weight is 290 g/mol. The zero-order valence-electron chi connectivity index (χ0n) is 12.6. The maximum Gasteiger partial charge on any atom is 0.0535 e. The van der Waals surface area contributed by atoms with Gasteiger partial charge < -0.3 is 5.32 Å². The van der Waals surface area contributed by atoms with E-state index >= 15 is 0 Å². The molecular weight excluding hydrogens is 264 g/mol. The van der Waals surface area contributed by atoms with E-state index in [-0.39, 0.29) is 5.54 Å². The molecule has 2 saturated heterocycles. The Morgan fingerprint density at radius 3 is 2.80 bits per heavy atom. The normalized spacial score (nSPS) is 35.9. The monoisotopic (exact) mass is 290 g/mol. The quantitative estimate of drug-likeness (QED) is 0.901. The van der Waals surface area contributed by atoms with Crippen LogP contribution in [0.2, 0.25) is 0 Å². The van der Waals surface area contributed by atoms with Gasteiger partial charge in [-0.05, 0) is 38.0 Å². The highest BCUT2D eigenvalue weighted by Gasteiger charge is 2.38. The molecule has 0 aliphatic carbocycles. The topological polar surface area (TPSA) is 15.3 Å². The van der Waals surface area contributed by atoms with Crippen LogP contribution in [0.15, 0.2) is 30.3 Å². The minimum atomic E-state index is 0.0931. The molecule has 3 heteroatoms. The first-order valence-electron chi connectivity index (χ1n) is 7.83. The zero-order valence-corrected chi connectivity index (χ0v) is 13.5. The third-order valence-corrected chi connectivity index (χ3v) is 6.07. The fourth-order valence-corrected chi connectivity index (χ4v) is 4.71. The summed E-state index contributed by atoms with van der Waals surface area (Å²) in [4.78, 5) is 2.76. The Labute approximate surface area is 127 Å². The van der Waals surface area contributed by atoms with Gasteiger partial charge in [-0.2, -0.15) is 11.8 Å². The van der Waals surface area contributed by atoms with Gasteiger partial charge in [0.05, 0.1) is 5.54 Å². The number of thioether (sulfide) groups is 1. The van der Waals surface area contributed by atoms with Gasteiger partial charge in [0.25, 0.3) is 0 Å². The lowest BCUT2D eigenvalue weighted by Crippen LogP contribution is -2.63. The van der Waals surface area contributed by atoms with Crippen LogP contribution in [-0.4, -0.2) is 41.6 Å². The highest BCUT2D eigenvalue weighted by atomic mass is 32.2. The Morgan fingerprint density at radius 1 is 1.30 bits per heavy atom. The van der Waals surface area contributed by atoms with E-state index in [4.69, 9.17) is 0 Å². The first kappa shape index (κ1) is 14.4. The van der Waals surface area contributed by atoms with Crippen LogP contribution in [0.4, 0.5) is 0 Å². The molecule has 2 aliphatic rings. The van der Waals surface area contributed by atoms with Crippen LogP contribution in [0.25, 0.3) is 0 Å². The summed E-state index contributed by atoms with van der Waals surface area (Å²) in [5, 5.41) is 3.78. The van der Waals surface area contributed by atoms with Crippen molar-refractivity contribution in [1.82, 2.24) is 10.2 Å². The highest BCUT2D eigenvalue weighted by Crippen LogP contribution is 2.31. The van der Waals surface area contributed by atoms with Crippen molar-refractivity contribution in [3.05, 3.63) is 35.9 Å². The Morgan fingerprint density at radius 2 is 2.10 bits per heavy atom. The van der Waals surface area contributed by atoms with Crippen LogP contribution in [0.5, 0.6) is 0 Å². The van der Waals surface area contributed by atoms with Crippen molar-refractivity contribution in [2.45, 2.75) is 44.3 Å². The first-order chi connectivity index (χ1) is 9.69. The second-order valence-corrected chi connectivity index (χ2v) is 7.62. The molecule has 3 atom stereocenters. The summed E-state index contributed by atoms with van der Waals surface area (Å²) in [5.74, 6) is 2.67. The lowest BCUT2D eigenvalue weighted by molar-refractivity contribution is 0.0579. The number of piperazine rings is 1. The maximum absolute atomic E-state index is 3.78. The predicted octanol–water partition coefficient (Wildman–Crippen LogP) is 3.09. The largest absolute Gasteiger partial charge is 0.305 e. The molecule has 110 valence electrons. The molecule has 0 bridgehead atoms. The van der Waals surface area contributed by atoms with Gasteiger partial charge in [-0.25, -0.2) is 0 Å². The molecule has 20 heavy (non-hydrogen) atoms. The van der Waals surface area contributed by atoms with Gasteiger partial charge in [0, 0.05) is 30.9 Å². The molecule has 1 aromatic carbocycles. The minimum Gasteiger partial charge on any atom is -0.305 e. The van der Waals surface area contributed by atoms with E-state index in [0.29, 0.717) is 6.04 Å². The minimum absolute atomic E-state index is 0.0931. The number of benzene rings is 1. The van der Waals surface area contributed by atoms with Crippen LogP contribution >= 0.6 is 11.8 Å². The summed E-state index contributed by atoms with van der Waals surface area (Å²) in [5.41, 5.74) is 1.51. The van der Waals surface area contributed by atoms with Crippen molar-refractivity contribution in [3.8, 4) is 0 Å². The molecule has 2 nitrogen and oxygen atoms in total. The van der Waals surface area contributed by atoms with E-state index in [1.54, 1.807) is 0 Å². The standard InChI is InChI=1S/C17H26N2S/c1-14-11-18-17(2,15-7-4-3-5-8-15)13-19(14)16-9-6-10-20-12-16/h3-5,7-8,14,16,18H,6,9-13H2,1-2H3. The Hall–Kier alpha value is -0.510. The molecule has 0 amide bonds. The Bertz CT molecular complexity index is 430. The molecule has 0 radical (unpaired) electrons. The van der Waals surface area contributed by atoms with Gasteiger partial charge in [0.1, 0.15) is 0 Å². The van der Waals surface area contributed by atoms with E-state index in [2.05, 4.69) is 66.2 Å². The summed E-state index contributed by atoms with van der Waals surface area (Å²) < 4.78 is 0. The van der Waals surface area contributed by atoms with Crippen LogP contribution in [0.1, 0.15) is 32.3 Å². The third-order valence-electron chi connectivity index (χ3n) is 4.87. The molecule has 3 unspecified atom stereocenters. The van der Waals surface area contributed by atoms with E-state index in [1.807, 2.05) is 0 Å². The number of hydrogen-bond donors (Lipinski definition) is 1. The second-order valence-electron chi connectivity index (χ2n) is 6.47. The number of rotatable bonds is 2. The summed E-state index contributed by atoms with van der Waals surface area (Å²) in [6, 6.07) is 12.4. The molecular formula is C17H26N2S. The highest BCUT2D eigenvalue weighted by molar-refractivity contribution is 7.99. The maximum atomic E-state index is 3.78. The molecule has 1 N–H and O–H groups in total. The lowest BCUT2D eigenvalue weighted by atomic mass is 9.87.